The summed E-state index contributed by atoms with van der Waals surface area (Å²) in [5.41, 5.74) is 2.29. The van der Waals surface area contributed by atoms with Crippen LogP contribution in [0, 0.1) is 6.92 Å². The van der Waals surface area contributed by atoms with Gasteiger partial charge in [0, 0.05) is 43.0 Å². The van der Waals surface area contributed by atoms with E-state index in [0.717, 1.165) is 23.0 Å². The molecule has 6 heteroatoms. The lowest BCUT2D eigenvalue weighted by Crippen LogP contribution is -2.24. The Balaban J connectivity index is 2.38. The SMILES string of the molecule is COc1c(C)[nH]cc(CN(C)c2cc(C(C)C)nc(C(C)C)n2)c1=O. The van der Waals surface area contributed by atoms with E-state index in [4.69, 9.17) is 4.74 Å². The molecule has 0 aliphatic heterocycles. The van der Waals surface area contributed by atoms with E-state index >= 15 is 0 Å². The molecule has 6 nitrogen and oxygen atoms in total. The van der Waals surface area contributed by atoms with Gasteiger partial charge in [-0.15, -0.1) is 0 Å². The largest absolute Gasteiger partial charge is 0.491 e. The van der Waals surface area contributed by atoms with Crippen LogP contribution in [-0.2, 0) is 6.54 Å². The van der Waals surface area contributed by atoms with Crippen molar-refractivity contribution in [3.8, 4) is 5.75 Å². The van der Waals surface area contributed by atoms with Crippen LogP contribution in [0.2, 0.25) is 0 Å². The van der Waals surface area contributed by atoms with E-state index < -0.39 is 0 Å². The molecule has 0 atom stereocenters. The van der Waals surface area contributed by atoms with Crippen LogP contribution in [0.5, 0.6) is 5.75 Å². The van der Waals surface area contributed by atoms with Gasteiger partial charge in [-0.05, 0) is 12.8 Å². The van der Waals surface area contributed by atoms with E-state index in [0.29, 0.717) is 23.8 Å². The predicted octanol–water partition coefficient (Wildman–Crippen LogP) is 3.37. The molecule has 0 spiro atoms. The Morgan fingerprint density at radius 2 is 1.88 bits per heavy atom. The lowest BCUT2D eigenvalue weighted by molar-refractivity contribution is 0.404. The number of rotatable bonds is 6. The van der Waals surface area contributed by atoms with Gasteiger partial charge in [-0.25, -0.2) is 9.97 Å². The van der Waals surface area contributed by atoms with E-state index in [9.17, 15) is 4.79 Å². The fraction of sp³-hybridized carbons (Fsp3) is 0.526. The van der Waals surface area contributed by atoms with Gasteiger partial charge in [0.1, 0.15) is 11.6 Å². The zero-order chi connectivity index (χ0) is 18.7. The monoisotopic (exact) mass is 344 g/mol. The van der Waals surface area contributed by atoms with Gasteiger partial charge in [0.15, 0.2) is 5.75 Å². The zero-order valence-corrected chi connectivity index (χ0v) is 16.2. The molecule has 0 unspecified atom stereocenters. The highest BCUT2D eigenvalue weighted by Gasteiger charge is 2.16. The van der Waals surface area contributed by atoms with Crippen LogP contribution in [0.3, 0.4) is 0 Å². The quantitative estimate of drug-likeness (QED) is 0.870. The standard InChI is InChI=1S/C19H28N4O2/c1-11(2)15-8-16(22-19(21-15)12(3)4)23(6)10-14-9-20-13(5)18(25-7)17(14)24/h8-9,11-12H,10H2,1-7H3,(H,20,24). The molecule has 0 amide bonds. The Hall–Kier alpha value is -2.37. The Morgan fingerprint density at radius 1 is 1.20 bits per heavy atom. The van der Waals surface area contributed by atoms with Gasteiger partial charge in [0.05, 0.1) is 12.8 Å². The van der Waals surface area contributed by atoms with Crippen LogP contribution in [0.25, 0.3) is 0 Å². The maximum absolute atomic E-state index is 12.5. The first-order chi connectivity index (χ1) is 11.7. The number of aromatic amines is 1. The molecule has 0 fully saturated rings. The van der Waals surface area contributed by atoms with Gasteiger partial charge in [-0.2, -0.15) is 0 Å². The number of nitrogens with one attached hydrogen (secondary N) is 1. The minimum Gasteiger partial charge on any atom is -0.491 e. The van der Waals surface area contributed by atoms with E-state index in [2.05, 4.69) is 42.6 Å². The number of ether oxygens (including phenoxy) is 1. The summed E-state index contributed by atoms with van der Waals surface area (Å²) in [5.74, 6) is 2.56. The Bertz CT molecular complexity index is 770. The van der Waals surface area contributed by atoms with Crippen molar-refractivity contribution in [1.82, 2.24) is 15.0 Å². The van der Waals surface area contributed by atoms with Gasteiger partial charge in [0.25, 0.3) is 0 Å². The van der Waals surface area contributed by atoms with Gasteiger partial charge >= 0.3 is 0 Å². The molecule has 0 aliphatic rings. The van der Waals surface area contributed by atoms with Crippen molar-refractivity contribution in [2.24, 2.45) is 0 Å². The molecule has 0 radical (unpaired) electrons. The second kappa shape index (κ2) is 7.68. The van der Waals surface area contributed by atoms with Crippen molar-refractivity contribution in [3.05, 3.63) is 45.3 Å². The number of methoxy groups -OCH3 is 1. The summed E-state index contributed by atoms with van der Waals surface area (Å²) in [6, 6.07) is 2.00. The number of anilines is 1. The maximum Gasteiger partial charge on any atom is 0.228 e. The van der Waals surface area contributed by atoms with Crippen LogP contribution in [0.15, 0.2) is 17.1 Å². The predicted molar refractivity (Wildman–Crippen MR) is 101 cm³/mol. The molecule has 0 saturated heterocycles. The first-order valence-electron chi connectivity index (χ1n) is 8.59. The number of H-pyrrole nitrogens is 1. The van der Waals surface area contributed by atoms with Crippen LogP contribution >= 0.6 is 0 Å². The van der Waals surface area contributed by atoms with E-state index in [1.807, 2.05) is 24.9 Å². The summed E-state index contributed by atoms with van der Waals surface area (Å²) in [6.07, 6.45) is 1.74. The van der Waals surface area contributed by atoms with Crippen molar-refractivity contribution >= 4 is 5.82 Å². The summed E-state index contributed by atoms with van der Waals surface area (Å²) in [4.78, 5) is 26.9. The number of hydrogen-bond acceptors (Lipinski definition) is 5. The second-order valence-electron chi connectivity index (χ2n) is 6.98. The molecule has 2 rings (SSSR count). The first kappa shape index (κ1) is 19.0. The minimum atomic E-state index is -0.0900. The molecule has 0 bridgehead atoms. The third-order valence-corrected chi connectivity index (χ3v) is 4.16. The Kier molecular flexibility index (Phi) is 5.82. The van der Waals surface area contributed by atoms with Crippen LogP contribution in [-0.4, -0.2) is 29.1 Å². The van der Waals surface area contributed by atoms with Gasteiger partial charge < -0.3 is 14.6 Å². The van der Waals surface area contributed by atoms with E-state index in [1.54, 1.807) is 6.20 Å². The van der Waals surface area contributed by atoms with E-state index in [1.165, 1.54) is 7.11 Å². The van der Waals surface area contributed by atoms with Crippen molar-refractivity contribution < 1.29 is 4.74 Å². The van der Waals surface area contributed by atoms with Crippen molar-refractivity contribution in [2.45, 2.75) is 53.0 Å². The number of pyridine rings is 1. The summed E-state index contributed by atoms with van der Waals surface area (Å²) >= 11 is 0. The molecule has 2 heterocycles. The molecule has 136 valence electrons. The summed E-state index contributed by atoms with van der Waals surface area (Å²) in [5, 5.41) is 0. The molecule has 2 aromatic heterocycles. The number of nitrogens with zero attached hydrogens (tertiary/aromatic N) is 3. The normalized spacial score (nSPS) is 11.2. The second-order valence-corrected chi connectivity index (χ2v) is 6.98. The average Bonchev–Trinajstić information content (AvgIpc) is 2.57. The average molecular weight is 344 g/mol. The Labute approximate surface area is 149 Å². The van der Waals surface area contributed by atoms with Crippen LogP contribution < -0.4 is 15.1 Å². The van der Waals surface area contributed by atoms with E-state index in [-0.39, 0.29) is 11.3 Å². The van der Waals surface area contributed by atoms with Crippen molar-refractivity contribution in [3.63, 3.8) is 0 Å². The van der Waals surface area contributed by atoms with Crippen LogP contribution in [0.1, 0.15) is 62.3 Å². The highest BCUT2D eigenvalue weighted by Crippen LogP contribution is 2.22. The summed E-state index contributed by atoms with van der Waals surface area (Å²) in [7, 11) is 3.45. The molecule has 0 aliphatic carbocycles. The Morgan fingerprint density at radius 3 is 2.44 bits per heavy atom. The fourth-order valence-corrected chi connectivity index (χ4v) is 2.56. The number of hydrogen-bond donors (Lipinski definition) is 1. The lowest BCUT2D eigenvalue weighted by Gasteiger charge is -2.21. The highest BCUT2D eigenvalue weighted by atomic mass is 16.5. The highest BCUT2D eigenvalue weighted by molar-refractivity contribution is 5.42. The van der Waals surface area contributed by atoms with Crippen LogP contribution in [0.4, 0.5) is 5.82 Å². The lowest BCUT2D eigenvalue weighted by atomic mass is 10.1. The number of aryl methyl sites for hydroxylation is 1. The summed E-state index contributed by atoms with van der Waals surface area (Å²) in [6.45, 7) is 10.7. The fourth-order valence-electron chi connectivity index (χ4n) is 2.56. The topological polar surface area (TPSA) is 71.1 Å². The van der Waals surface area contributed by atoms with Gasteiger partial charge in [-0.3, -0.25) is 4.79 Å². The molecular weight excluding hydrogens is 316 g/mol. The molecule has 2 aromatic rings. The van der Waals surface area contributed by atoms with Gasteiger partial charge in [-0.1, -0.05) is 27.7 Å². The van der Waals surface area contributed by atoms with Crippen molar-refractivity contribution in [1.29, 1.82) is 0 Å². The molecule has 1 N–H and O–H groups in total. The third kappa shape index (κ3) is 4.18. The minimum absolute atomic E-state index is 0.0900. The molecule has 0 aromatic carbocycles. The summed E-state index contributed by atoms with van der Waals surface area (Å²) < 4.78 is 5.22. The third-order valence-electron chi connectivity index (χ3n) is 4.16. The maximum atomic E-state index is 12.5. The smallest absolute Gasteiger partial charge is 0.228 e. The van der Waals surface area contributed by atoms with Crippen molar-refractivity contribution in [2.75, 3.05) is 19.1 Å². The van der Waals surface area contributed by atoms with Gasteiger partial charge in [0.2, 0.25) is 5.43 Å². The zero-order valence-electron chi connectivity index (χ0n) is 16.2. The first-order valence-corrected chi connectivity index (χ1v) is 8.59. The molecule has 25 heavy (non-hydrogen) atoms. The molecule has 0 saturated carbocycles. The molecular formula is C19H28N4O2. The number of aromatic nitrogens is 3.